The topological polar surface area (TPSA) is 59.4 Å². The van der Waals surface area contributed by atoms with E-state index in [1.54, 1.807) is 23.5 Å². The lowest BCUT2D eigenvalue weighted by Crippen LogP contribution is -2.02. The van der Waals surface area contributed by atoms with Crippen LogP contribution in [0.25, 0.3) is 10.9 Å². The number of fused-ring (bicyclic) bond motifs is 1. The fourth-order valence-electron chi connectivity index (χ4n) is 4.04. The Morgan fingerprint density at radius 3 is 2.50 bits per heavy atom. The van der Waals surface area contributed by atoms with E-state index in [0.717, 1.165) is 41.6 Å². The van der Waals surface area contributed by atoms with Crippen molar-refractivity contribution >= 4 is 40.4 Å². The number of rotatable bonds is 13. The molecule has 0 aliphatic carbocycles. The van der Waals surface area contributed by atoms with E-state index in [4.69, 9.17) is 9.84 Å². The smallest absolute Gasteiger partial charge is 0.304 e. The van der Waals surface area contributed by atoms with E-state index in [-0.39, 0.29) is 11.7 Å². The van der Waals surface area contributed by atoms with Gasteiger partial charge in [-0.15, -0.1) is 11.8 Å². The lowest BCUT2D eigenvalue weighted by atomic mass is 10.0. The number of para-hydroxylation sites is 1. The molecule has 0 bridgehead atoms. The Balaban J connectivity index is 1.35. The van der Waals surface area contributed by atoms with E-state index in [1.807, 2.05) is 36.4 Å². The van der Waals surface area contributed by atoms with Crippen LogP contribution in [0.1, 0.15) is 41.3 Å². The highest BCUT2D eigenvalue weighted by Crippen LogP contribution is 2.35. The number of carboxylic acid groups (broad SMARTS) is 1. The van der Waals surface area contributed by atoms with Crippen molar-refractivity contribution in [3.63, 3.8) is 0 Å². The average Bonchev–Trinajstić information content (AvgIpc) is 2.91. The maximum Gasteiger partial charge on any atom is 0.304 e. The number of carboxylic acids is 1. The largest absolute Gasteiger partial charge is 0.487 e. The molecule has 36 heavy (non-hydrogen) atoms. The minimum atomic E-state index is -0.749. The second kappa shape index (κ2) is 13.4. The summed E-state index contributed by atoms with van der Waals surface area (Å²) in [7, 11) is 0. The molecule has 0 saturated carbocycles. The second-order valence-corrected chi connectivity index (χ2v) is 10.8. The minimum Gasteiger partial charge on any atom is -0.487 e. The molecule has 0 saturated heterocycles. The predicted octanol–water partition coefficient (Wildman–Crippen LogP) is 7.81. The van der Waals surface area contributed by atoms with E-state index in [1.165, 1.54) is 16.0 Å². The van der Waals surface area contributed by atoms with Gasteiger partial charge in [-0.3, -0.25) is 4.79 Å². The van der Waals surface area contributed by atoms with Crippen LogP contribution >= 0.6 is 23.5 Å². The van der Waals surface area contributed by atoms with Crippen molar-refractivity contribution in [3.8, 4) is 5.75 Å². The summed E-state index contributed by atoms with van der Waals surface area (Å²) in [5.41, 5.74) is 4.41. The molecule has 0 aliphatic heterocycles. The molecular formula is C30H31NO3S2. The van der Waals surface area contributed by atoms with Gasteiger partial charge in [0.05, 0.1) is 17.6 Å². The number of nitrogens with zero attached hydrogens (tertiary/aromatic N) is 1. The second-order valence-electron chi connectivity index (χ2n) is 8.60. The van der Waals surface area contributed by atoms with Crippen molar-refractivity contribution < 1.29 is 14.6 Å². The van der Waals surface area contributed by atoms with Gasteiger partial charge in [-0.2, -0.15) is 11.8 Å². The number of hydrogen-bond acceptors (Lipinski definition) is 5. The van der Waals surface area contributed by atoms with Crippen LogP contribution in [-0.4, -0.2) is 28.1 Å². The number of carbonyl (C=O) groups is 1. The zero-order chi connectivity index (χ0) is 25.2. The highest BCUT2D eigenvalue weighted by Gasteiger charge is 2.14. The molecule has 3 aromatic carbocycles. The molecule has 4 aromatic rings. The molecule has 0 fully saturated rings. The molecule has 1 unspecified atom stereocenters. The van der Waals surface area contributed by atoms with Gasteiger partial charge in [0.25, 0.3) is 0 Å². The third-order valence-corrected chi connectivity index (χ3v) is 8.11. The van der Waals surface area contributed by atoms with Crippen molar-refractivity contribution in [1.82, 2.24) is 4.98 Å². The number of thioether (sulfide) groups is 2. The summed E-state index contributed by atoms with van der Waals surface area (Å²) >= 11 is 3.48. The number of aryl methyl sites for hydroxylation is 1. The maximum absolute atomic E-state index is 11.0. The molecular weight excluding hydrogens is 486 g/mol. The molecule has 1 atom stereocenters. The number of pyridine rings is 1. The summed E-state index contributed by atoms with van der Waals surface area (Å²) in [4.78, 5) is 17.0. The van der Waals surface area contributed by atoms with Gasteiger partial charge in [0.2, 0.25) is 0 Å². The Kier molecular flexibility index (Phi) is 9.70. The number of hydrogen-bond donors (Lipinski definition) is 1. The van der Waals surface area contributed by atoms with Crippen LogP contribution in [0.5, 0.6) is 5.75 Å². The number of aromatic nitrogens is 1. The third-order valence-electron chi connectivity index (χ3n) is 6.02. The van der Waals surface area contributed by atoms with Gasteiger partial charge < -0.3 is 9.84 Å². The molecule has 0 aliphatic rings. The highest BCUT2D eigenvalue weighted by molar-refractivity contribution is 7.99. The fraction of sp³-hybridized carbons (Fsp3) is 0.267. The summed E-state index contributed by atoms with van der Waals surface area (Å²) in [6, 6.07) is 29.1. The Bertz CT molecular complexity index is 1260. The van der Waals surface area contributed by atoms with Crippen molar-refractivity contribution in [2.45, 2.75) is 42.4 Å². The normalized spacial score (nSPS) is 11.9. The van der Waals surface area contributed by atoms with E-state index < -0.39 is 5.97 Å². The first-order valence-electron chi connectivity index (χ1n) is 12.1. The average molecular weight is 518 g/mol. The number of aliphatic carboxylic acids is 1. The number of ether oxygens (including phenoxy) is 1. The van der Waals surface area contributed by atoms with Gasteiger partial charge in [0, 0.05) is 21.3 Å². The molecule has 4 nitrogen and oxygen atoms in total. The monoisotopic (exact) mass is 517 g/mol. The van der Waals surface area contributed by atoms with Gasteiger partial charge in [0.1, 0.15) is 12.4 Å². The maximum atomic E-state index is 11.0. The summed E-state index contributed by atoms with van der Waals surface area (Å²) in [6.45, 7) is 0.413. The molecule has 186 valence electrons. The van der Waals surface area contributed by atoms with E-state index >= 15 is 0 Å². The Labute approximate surface area is 221 Å². The first kappa shape index (κ1) is 26.1. The first-order chi connectivity index (χ1) is 17.6. The standard InChI is InChI=1S/C30H31NO3S2/c1-35-27-17-9-22(10-18-27)5-4-8-29(36-20-19-30(32)33)24-12-15-26(16-13-24)34-21-25-14-11-23-6-2-3-7-28(23)31-25/h2-3,6-7,9-18,29H,4-5,8,19-21H2,1H3,(H,32,33). The van der Waals surface area contributed by atoms with E-state index in [9.17, 15) is 4.79 Å². The lowest BCUT2D eigenvalue weighted by Gasteiger charge is -2.17. The summed E-state index contributed by atoms with van der Waals surface area (Å²) in [6.07, 6.45) is 5.33. The quantitative estimate of drug-likeness (QED) is 0.183. The highest BCUT2D eigenvalue weighted by atomic mass is 32.2. The first-order valence-corrected chi connectivity index (χ1v) is 14.4. The van der Waals surface area contributed by atoms with Crippen LogP contribution in [0, 0.1) is 0 Å². The van der Waals surface area contributed by atoms with Crippen molar-refractivity contribution in [1.29, 1.82) is 0 Å². The minimum absolute atomic E-state index is 0.178. The zero-order valence-corrected chi connectivity index (χ0v) is 22.1. The van der Waals surface area contributed by atoms with Crippen LogP contribution in [-0.2, 0) is 17.8 Å². The summed E-state index contributed by atoms with van der Waals surface area (Å²) in [5.74, 6) is 0.659. The molecule has 0 amide bonds. The Morgan fingerprint density at radius 2 is 1.75 bits per heavy atom. The van der Waals surface area contributed by atoms with Gasteiger partial charge in [0.15, 0.2) is 0 Å². The Morgan fingerprint density at radius 1 is 0.972 bits per heavy atom. The van der Waals surface area contributed by atoms with Crippen LogP contribution < -0.4 is 4.74 Å². The molecule has 6 heteroatoms. The Hall–Kier alpha value is -2.96. The van der Waals surface area contributed by atoms with Gasteiger partial charge in [-0.1, -0.05) is 48.5 Å². The van der Waals surface area contributed by atoms with Crippen LogP contribution in [0.3, 0.4) is 0 Å². The number of benzene rings is 3. The van der Waals surface area contributed by atoms with Crippen molar-refractivity contribution in [2.24, 2.45) is 0 Å². The van der Waals surface area contributed by atoms with Gasteiger partial charge >= 0.3 is 5.97 Å². The molecule has 1 aromatic heterocycles. The third kappa shape index (κ3) is 7.77. The van der Waals surface area contributed by atoms with E-state index in [0.29, 0.717) is 12.4 Å². The van der Waals surface area contributed by atoms with Crippen LogP contribution in [0.15, 0.2) is 89.8 Å². The van der Waals surface area contributed by atoms with Crippen LogP contribution in [0.4, 0.5) is 0 Å². The van der Waals surface area contributed by atoms with Crippen molar-refractivity contribution in [3.05, 3.63) is 102 Å². The molecule has 1 N–H and O–H groups in total. The summed E-state index contributed by atoms with van der Waals surface area (Å²) < 4.78 is 6.00. The SMILES string of the molecule is CSc1ccc(CCCC(SCCC(=O)O)c2ccc(OCc3ccc4ccccc4n3)cc2)cc1. The molecule has 1 heterocycles. The zero-order valence-electron chi connectivity index (χ0n) is 20.4. The predicted molar refractivity (Wildman–Crippen MR) is 151 cm³/mol. The molecule has 0 radical (unpaired) electrons. The van der Waals surface area contributed by atoms with E-state index in [2.05, 4.69) is 59.8 Å². The molecule has 4 rings (SSSR count). The lowest BCUT2D eigenvalue weighted by molar-refractivity contribution is -0.136. The van der Waals surface area contributed by atoms with Gasteiger partial charge in [-0.25, -0.2) is 4.98 Å². The summed E-state index contributed by atoms with van der Waals surface area (Å²) in [5, 5.41) is 10.5. The van der Waals surface area contributed by atoms with Crippen molar-refractivity contribution in [2.75, 3.05) is 12.0 Å². The molecule has 0 spiro atoms. The van der Waals surface area contributed by atoms with Gasteiger partial charge in [-0.05, 0) is 73.0 Å². The van der Waals surface area contributed by atoms with Crippen LogP contribution in [0.2, 0.25) is 0 Å². The fourth-order valence-corrected chi connectivity index (χ4v) is 5.71.